The first kappa shape index (κ1) is 9.86. The van der Waals surface area contributed by atoms with Gasteiger partial charge >= 0.3 is 0 Å². The number of aromatic nitrogens is 2. The van der Waals surface area contributed by atoms with E-state index >= 15 is 0 Å². The third-order valence-electron chi connectivity index (χ3n) is 2.11. The van der Waals surface area contributed by atoms with Crippen molar-refractivity contribution in [1.82, 2.24) is 10.1 Å². The number of hydrogen-bond donors (Lipinski definition) is 1. The van der Waals surface area contributed by atoms with Crippen LogP contribution < -0.4 is 5.73 Å². The highest BCUT2D eigenvalue weighted by Gasteiger charge is 2.11. The highest BCUT2D eigenvalue weighted by Crippen LogP contribution is 2.19. The molecule has 4 heteroatoms. The fourth-order valence-corrected chi connectivity index (χ4v) is 1.32. The molecule has 15 heavy (non-hydrogen) atoms. The van der Waals surface area contributed by atoms with Crippen molar-refractivity contribution in [3.05, 3.63) is 35.7 Å². The fraction of sp³-hybridized carbons (Fsp3) is 0.273. The first-order valence-corrected chi connectivity index (χ1v) is 4.83. The van der Waals surface area contributed by atoms with Crippen molar-refractivity contribution in [2.24, 2.45) is 5.73 Å². The monoisotopic (exact) mass is 203 g/mol. The van der Waals surface area contributed by atoms with E-state index in [0.717, 1.165) is 11.1 Å². The van der Waals surface area contributed by atoms with Crippen molar-refractivity contribution in [1.29, 1.82) is 0 Å². The minimum atomic E-state index is -0.202. The van der Waals surface area contributed by atoms with E-state index in [1.807, 2.05) is 38.1 Å². The molecule has 4 nitrogen and oxygen atoms in total. The van der Waals surface area contributed by atoms with Crippen LogP contribution in [0.4, 0.5) is 0 Å². The summed E-state index contributed by atoms with van der Waals surface area (Å²) in [6, 6.07) is 7.71. The molecule has 0 radical (unpaired) electrons. The van der Waals surface area contributed by atoms with Crippen molar-refractivity contribution in [3.8, 4) is 11.5 Å². The zero-order valence-corrected chi connectivity index (χ0v) is 8.77. The normalized spacial score (nSPS) is 12.7. The maximum absolute atomic E-state index is 5.65. The predicted octanol–water partition coefficient (Wildman–Crippen LogP) is 2.06. The van der Waals surface area contributed by atoms with Crippen molar-refractivity contribution in [2.45, 2.75) is 19.9 Å². The molecule has 0 aliphatic carbocycles. The molecule has 1 heterocycles. The molecule has 1 aromatic carbocycles. The van der Waals surface area contributed by atoms with E-state index in [-0.39, 0.29) is 6.04 Å². The Balaban J connectivity index is 2.37. The van der Waals surface area contributed by atoms with Crippen LogP contribution in [-0.4, -0.2) is 10.1 Å². The van der Waals surface area contributed by atoms with Crippen LogP contribution in [0.15, 0.2) is 28.8 Å². The summed E-state index contributed by atoms with van der Waals surface area (Å²) in [5, 5.41) is 3.81. The van der Waals surface area contributed by atoms with Gasteiger partial charge in [0.15, 0.2) is 5.82 Å². The van der Waals surface area contributed by atoms with Gasteiger partial charge in [-0.05, 0) is 26.0 Å². The molecule has 0 fully saturated rings. The zero-order chi connectivity index (χ0) is 10.8. The van der Waals surface area contributed by atoms with Gasteiger partial charge in [-0.3, -0.25) is 0 Å². The minimum Gasteiger partial charge on any atom is -0.334 e. The van der Waals surface area contributed by atoms with Crippen LogP contribution in [0.2, 0.25) is 0 Å². The zero-order valence-electron chi connectivity index (χ0n) is 8.77. The maximum Gasteiger partial charge on any atom is 0.257 e. The van der Waals surface area contributed by atoms with Gasteiger partial charge in [-0.1, -0.05) is 22.9 Å². The average molecular weight is 203 g/mol. The highest BCUT2D eigenvalue weighted by atomic mass is 16.5. The summed E-state index contributed by atoms with van der Waals surface area (Å²) >= 11 is 0. The number of nitrogens with two attached hydrogens (primary N) is 1. The lowest BCUT2D eigenvalue weighted by molar-refractivity contribution is 0.418. The Morgan fingerprint density at radius 3 is 2.80 bits per heavy atom. The summed E-state index contributed by atoms with van der Waals surface area (Å²) in [5.74, 6) is 1.05. The Bertz CT molecular complexity index is 462. The Morgan fingerprint density at radius 1 is 1.40 bits per heavy atom. The molecule has 0 amide bonds. The van der Waals surface area contributed by atoms with E-state index in [0.29, 0.717) is 11.7 Å². The first-order valence-electron chi connectivity index (χ1n) is 4.83. The summed E-state index contributed by atoms with van der Waals surface area (Å²) < 4.78 is 5.13. The number of benzene rings is 1. The second-order valence-electron chi connectivity index (χ2n) is 3.62. The molecule has 0 aliphatic rings. The smallest absolute Gasteiger partial charge is 0.257 e. The summed E-state index contributed by atoms with van der Waals surface area (Å²) in [4.78, 5) is 4.22. The molecule has 0 bridgehead atoms. The Hall–Kier alpha value is -1.68. The topological polar surface area (TPSA) is 64.9 Å². The highest BCUT2D eigenvalue weighted by molar-refractivity contribution is 5.53. The number of hydrogen-bond acceptors (Lipinski definition) is 4. The van der Waals surface area contributed by atoms with Gasteiger partial charge in [0.05, 0.1) is 6.04 Å². The van der Waals surface area contributed by atoms with Crippen molar-refractivity contribution in [3.63, 3.8) is 0 Å². The fourth-order valence-electron chi connectivity index (χ4n) is 1.32. The standard InChI is InChI=1S/C11H13N3O/c1-7-4-3-5-9(6-7)11-13-10(8(2)12)14-15-11/h3-6,8H,12H2,1-2H3/t8-/m0/s1. The van der Waals surface area contributed by atoms with Crippen molar-refractivity contribution < 1.29 is 4.52 Å². The maximum atomic E-state index is 5.65. The van der Waals surface area contributed by atoms with Crippen LogP contribution in [0.5, 0.6) is 0 Å². The lowest BCUT2D eigenvalue weighted by Gasteiger charge is -1.95. The lowest BCUT2D eigenvalue weighted by atomic mass is 10.1. The van der Waals surface area contributed by atoms with E-state index in [1.54, 1.807) is 0 Å². The van der Waals surface area contributed by atoms with Crippen LogP contribution in [0.1, 0.15) is 24.4 Å². The van der Waals surface area contributed by atoms with Gasteiger partial charge in [-0.25, -0.2) is 0 Å². The van der Waals surface area contributed by atoms with Crippen LogP contribution in [-0.2, 0) is 0 Å². The summed E-state index contributed by atoms with van der Waals surface area (Å²) in [7, 11) is 0. The second-order valence-corrected chi connectivity index (χ2v) is 3.62. The summed E-state index contributed by atoms with van der Waals surface area (Å²) in [6.45, 7) is 3.84. The Labute approximate surface area is 88.1 Å². The lowest BCUT2D eigenvalue weighted by Crippen LogP contribution is -2.06. The van der Waals surface area contributed by atoms with Crippen molar-refractivity contribution in [2.75, 3.05) is 0 Å². The quantitative estimate of drug-likeness (QED) is 0.811. The molecule has 0 spiro atoms. The molecule has 0 saturated heterocycles. The predicted molar refractivity (Wildman–Crippen MR) is 57.1 cm³/mol. The molecule has 2 N–H and O–H groups in total. The van der Waals surface area contributed by atoms with Gasteiger partial charge < -0.3 is 10.3 Å². The van der Waals surface area contributed by atoms with Gasteiger partial charge in [-0.15, -0.1) is 0 Å². The molecule has 78 valence electrons. The number of rotatable bonds is 2. The van der Waals surface area contributed by atoms with Gasteiger partial charge in [0.1, 0.15) is 0 Å². The van der Waals surface area contributed by atoms with E-state index < -0.39 is 0 Å². The molecule has 0 saturated carbocycles. The molecular formula is C11H13N3O. The molecule has 0 aliphatic heterocycles. The summed E-state index contributed by atoms with van der Waals surface area (Å²) in [6.07, 6.45) is 0. The van der Waals surface area contributed by atoms with E-state index in [1.165, 1.54) is 0 Å². The molecule has 1 aromatic heterocycles. The van der Waals surface area contributed by atoms with Gasteiger partial charge in [0.25, 0.3) is 5.89 Å². The number of nitrogens with zero attached hydrogens (tertiary/aromatic N) is 2. The average Bonchev–Trinajstić information content (AvgIpc) is 2.66. The minimum absolute atomic E-state index is 0.202. The van der Waals surface area contributed by atoms with E-state index in [9.17, 15) is 0 Å². The third kappa shape index (κ3) is 2.05. The van der Waals surface area contributed by atoms with Crippen LogP contribution in [0, 0.1) is 6.92 Å². The SMILES string of the molecule is Cc1cccc(-c2nc([C@H](C)N)no2)c1. The third-order valence-corrected chi connectivity index (χ3v) is 2.11. The van der Waals surface area contributed by atoms with Crippen LogP contribution in [0.3, 0.4) is 0 Å². The second kappa shape index (κ2) is 3.82. The van der Waals surface area contributed by atoms with Gasteiger partial charge in [0.2, 0.25) is 0 Å². The van der Waals surface area contributed by atoms with Crippen molar-refractivity contribution >= 4 is 0 Å². The van der Waals surface area contributed by atoms with Gasteiger partial charge in [-0.2, -0.15) is 4.98 Å². The van der Waals surface area contributed by atoms with Crippen LogP contribution in [0.25, 0.3) is 11.5 Å². The largest absolute Gasteiger partial charge is 0.334 e. The molecular weight excluding hydrogens is 190 g/mol. The summed E-state index contributed by atoms with van der Waals surface area (Å²) in [5.41, 5.74) is 7.74. The molecule has 2 rings (SSSR count). The van der Waals surface area contributed by atoms with Crippen LogP contribution >= 0.6 is 0 Å². The molecule has 0 unspecified atom stereocenters. The first-order chi connectivity index (χ1) is 7.16. The molecule has 1 atom stereocenters. The van der Waals surface area contributed by atoms with Gasteiger partial charge in [0, 0.05) is 5.56 Å². The Morgan fingerprint density at radius 2 is 2.20 bits per heavy atom. The number of aryl methyl sites for hydroxylation is 1. The Kier molecular flexibility index (Phi) is 2.51. The molecule has 2 aromatic rings. The van der Waals surface area contributed by atoms with E-state index in [4.69, 9.17) is 10.3 Å². The van der Waals surface area contributed by atoms with E-state index in [2.05, 4.69) is 10.1 Å².